The summed E-state index contributed by atoms with van der Waals surface area (Å²) in [4.78, 5) is 2.49. The van der Waals surface area contributed by atoms with Gasteiger partial charge in [-0.05, 0) is 34.1 Å². The smallest absolute Gasteiger partial charge is 0.0760 e. The first-order valence-corrected chi connectivity index (χ1v) is 7.03. The first-order valence-electron chi connectivity index (χ1n) is 7.03. The van der Waals surface area contributed by atoms with Crippen LogP contribution in [-0.2, 0) is 9.47 Å². The predicted molar refractivity (Wildman–Crippen MR) is 72.6 cm³/mol. The van der Waals surface area contributed by atoms with Crippen molar-refractivity contribution in [1.29, 1.82) is 0 Å². The molecule has 2 fully saturated rings. The Kier molecular flexibility index (Phi) is 4.02. The van der Waals surface area contributed by atoms with Crippen molar-refractivity contribution >= 4 is 0 Å². The molecule has 0 spiro atoms. The van der Waals surface area contributed by atoms with Crippen LogP contribution in [0, 0.1) is 5.92 Å². The maximum atomic E-state index is 6.19. The van der Waals surface area contributed by atoms with E-state index in [1.54, 1.807) is 0 Å². The van der Waals surface area contributed by atoms with Gasteiger partial charge < -0.3 is 15.2 Å². The third-order valence-electron chi connectivity index (χ3n) is 3.79. The molecule has 2 heterocycles. The van der Waals surface area contributed by atoms with Crippen LogP contribution in [0.2, 0.25) is 0 Å². The normalized spacial score (nSPS) is 36.5. The summed E-state index contributed by atoms with van der Waals surface area (Å²) >= 11 is 0. The summed E-state index contributed by atoms with van der Waals surface area (Å²) in [6.45, 7) is 13.3. The fourth-order valence-electron chi connectivity index (χ4n) is 3.41. The molecule has 0 saturated carbocycles. The Morgan fingerprint density at radius 2 is 1.78 bits per heavy atom. The summed E-state index contributed by atoms with van der Waals surface area (Å²) in [6, 6.07) is 0.285. The number of ether oxygens (including phenoxy) is 2. The minimum Gasteiger partial charge on any atom is -0.381 e. The van der Waals surface area contributed by atoms with Gasteiger partial charge in [0.15, 0.2) is 0 Å². The van der Waals surface area contributed by atoms with E-state index >= 15 is 0 Å². The highest BCUT2D eigenvalue weighted by Gasteiger charge is 2.39. The fourth-order valence-corrected chi connectivity index (χ4v) is 3.41. The molecule has 0 aromatic rings. The second-order valence-electron chi connectivity index (χ2n) is 7.08. The van der Waals surface area contributed by atoms with Crippen molar-refractivity contribution in [3.63, 3.8) is 0 Å². The van der Waals surface area contributed by atoms with E-state index in [1.807, 2.05) is 0 Å². The van der Waals surface area contributed by atoms with Crippen molar-refractivity contribution in [2.75, 3.05) is 32.8 Å². The second kappa shape index (κ2) is 5.08. The van der Waals surface area contributed by atoms with Gasteiger partial charge >= 0.3 is 0 Å². The van der Waals surface area contributed by atoms with Gasteiger partial charge in [0.05, 0.1) is 17.8 Å². The molecule has 2 rings (SSSR count). The average Bonchev–Trinajstić information content (AvgIpc) is 2.16. The molecule has 2 atom stereocenters. The van der Waals surface area contributed by atoms with E-state index < -0.39 is 0 Å². The quantitative estimate of drug-likeness (QED) is 0.807. The molecule has 4 nitrogen and oxygen atoms in total. The maximum Gasteiger partial charge on any atom is 0.0760 e. The van der Waals surface area contributed by atoms with E-state index in [1.165, 1.54) is 0 Å². The molecule has 2 saturated heterocycles. The molecule has 2 aliphatic heterocycles. The van der Waals surface area contributed by atoms with Crippen molar-refractivity contribution in [3.8, 4) is 0 Å². The number of rotatable bonds is 2. The summed E-state index contributed by atoms with van der Waals surface area (Å²) in [6.07, 6.45) is 0.988. The Balaban J connectivity index is 1.95. The number of nitrogens with zero attached hydrogens (tertiary/aromatic N) is 1. The molecule has 106 valence electrons. The highest BCUT2D eigenvalue weighted by molar-refractivity contribution is 4.91. The van der Waals surface area contributed by atoms with E-state index in [4.69, 9.17) is 15.2 Å². The van der Waals surface area contributed by atoms with Gasteiger partial charge in [-0.3, -0.25) is 4.90 Å². The zero-order chi connectivity index (χ0) is 13.4. The van der Waals surface area contributed by atoms with Crippen molar-refractivity contribution < 1.29 is 9.47 Å². The van der Waals surface area contributed by atoms with E-state index in [0.717, 1.165) is 39.3 Å². The van der Waals surface area contributed by atoms with Crippen LogP contribution in [0.3, 0.4) is 0 Å². The summed E-state index contributed by atoms with van der Waals surface area (Å²) in [5, 5.41) is 0. The minimum absolute atomic E-state index is 0.0820. The van der Waals surface area contributed by atoms with Gasteiger partial charge in [-0.1, -0.05) is 0 Å². The summed E-state index contributed by atoms with van der Waals surface area (Å²) in [5.41, 5.74) is 6.03. The molecule has 0 radical (unpaired) electrons. The molecule has 2 aliphatic rings. The van der Waals surface area contributed by atoms with Crippen LogP contribution >= 0.6 is 0 Å². The Morgan fingerprint density at radius 1 is 1.17 bits per heavy atom. The van der Waals surface area contributed by atoms with Crippen molar-refractivity contribution in [3.05, 3.63) is 0 Å². The Morgan fingerprint density at radius 3 is 2.33 bits per heavy atom. The number of hydrogen-bond donors (Lipinski definition) is 1. The predicted octanol–water partition coefficient (Wildman–Crippen LogP) is 1.24. The molecular formula is C14H28N2O2. The lowest BCUT2D eigenvalue weighted by atomic mass is 9.93. The van der Waals surface area contributed by atoms with Crippen LogP contribution in [0.4, 0.5) is 0 Å². The Labute approximate surface area is 111 Å². The lowest BCUT2D eigenvalue weighted by Gasteiger charge is -2.48. The van der Waals surface area contributed by atoms with Crippen LogP contribution in [-0.4, -0.2) is 55.0 Å². The van der Waals surface area contributed by atoms with Crippen molar-refractivity contribution in [2.24, 2.45) is 11.7 Å². The van der Waals surface area contributed by atoms with Gasteiger partial charge in [0, 0.05) is 38.2 Å². The molecular weight excluding hydrogens is 228 g/mol. The van der Waals surface area contributed by atoms with E-state index in [2.05, 4.69) is 32.6 Å². The SMILES string of the molecule is CC1(C)CN(CC2COCCC2N)CC(C)(C)O1. The van der Waals surface area contributed by atoms with Crippen LogP contribution in [0.5, 0.6) is 0 Å². The minimum atomic E-state index is -0.0820. The summed E-state index contributed by atoms with van der Waals surface area (Å²) < 4.78 is 11.7. The zero-order valence-electron chi connectivity index (χ0n) is 12.2. The van der Waals surface area contributed by atoms with Crippen LogP contribution in [0.1, 0.15) is 34.1 Å². The second-order valence-corrected chi connectivity index (χ2v) is 7.08. The highest BCUT2D eigenvalue weighted by atomic mass is 16.5. The standard InChI is InChI=1S/C14H28N2O2/c1-13(2)9-16(10-14(3,4)18-13)7-11-8-17-6-5-12(11)15/h11-12H,5-10,15H2,1-4H3. The van der Waals surface area contributed by atoms with Crippen LogP contribution < -0.4 is 5.73 Å². The maximum absolute atomic E-state index is 6.19. The average molecular weight is 256 g/mol. The van der Waals surface area contributed by atoms with Crippen LogP contribution in [0.25, 0.3) is 0 Å². The third-order valence-corrected chi connectivity index (χ3v) is 3.79. The highest BCUT2D eigenvalue weighted by Crippen LogP contribution is 2.29. The van der Waals surface area contributed by atoms with Gasteiger partial charge in [-0.15, -0.1) is 0 Å². The number of nitrogens with two attached hydrogens (primary N) is 1. The first kappa shape index (κ1) is 14.3. The van der Waals surface area contributed by atoms with E-state index in [0.29, 0.717) is 5.92 Å². The Bertz CT molecular complexity index is 276. The summed E-state index contributed by atoms with van der Waals surface area (Å²) in [7, 11) is 0. The van der Waals surface area contributed by atoms with Gasteiger partial charge in [0.1, 0.15) is 0 Å². The van der Waals surface area contributed by atoms with Gasteiger partial charge in [0.25, 0.3) is 0 Å². The number of hydrogen-bond acceptors (Lipinski definition) is 4. The largest absolute Gasteiger partial charge is 0.381 e. The lowest BCUT2D eigenvalue weighted by molar-refractivity contribution is -0.183. The molecule has 0 bridgehead atoms. The topological polar surface area (TPSA) is 47.7 Å². The van der Waals surface area contributed by atoms with Crippen molar-refractivity contribution in [2.45, 2.75) is 51.4 Å². The van der Waals surface area contributed by atoms with Gasteiger partial charge in [0.2, 0.25) is 0 Å². The van der Waals surface area contributed by atoms with Crippen LogP contribution in [0.15, 0.2) is 0 Å². The third kappa shape index (κ3) is 3.67. The molecule has 4 heteroatoms. The fraction of sp³-hybridized carbons (Fsp3) is 1.00. The van der Waals surface area contributed by atoms with Crippen molar-refractivity contribution in [1.82, 2.24) is 4.90 Å². The molecule has 2 unspecified atom stereocenters. The molecule has 0 aromatic carbocycles. The van der Waals surface area contributed by atoms with Gasteiger partial charge in [-0.25, -0.2) is 0 Å². The first-order chi connectivity index (χ1) is 8.27. The lowest BCUT2D eigenvalue weighted by Crippen LogP contribution is -2.59. The monoisotopic (exact) mass is 256 g/mol. The summed E-state index contributed by atoms with van der Waals surface area (Å²) in [5.74, 6) is 0.462. The van der Waals surface area contributed by atoms with E-state index in [9.17, 15) is 0 Å². The molecule has 2 N–H and O–H groups in total. The Hall–Kier alpha value is -0.160. The molecule has 0 aliphatic carbocycles. The molecule has 0 amide bonds. The number of morpholine rings is 1. The molecule has 0 aromatic heterocycles. The zero-order valence-corrected chi connectivity index (χ0v) is 12.2. The van der Waals surface area contributed by atoms with Gasteiger partial charge in [-0.2, -0.15) is 0 Å². The molecule has 18 heavy (non-hydrogen) atoms. The van der Waals surface area contributed by atoms with E-state index in [-0.39, 0.29) is 17.2 Å².